The van der Waals surface area contributed by atoms with Gasteiger partial charge in [-0.25, -0.2) is 9.59 Å². The minimum Gasteiger partial charge on any atom is -0.467 e. The Morgan fingerprint density at radius 2 is 1.10 bits per heavy atom. The van der Waals surface area contributed by atoms with Gasteiger partial charge in [0.25, 0.3) is 0 Å². The number of carbonyl (C=O) groups is 2. The van der Waals surface area contributed by atoms with Gasteiger partial charge in [0.15, 0.2) is 24.8 Å². The van der Waals surface area contributed by atoms with Crippen LogP contribution in [-0.4, -0.2) is 122 Å². The fourth-order valence-electron chi connectivity index (χ4n) is 3.16. The number of aliphatic hydroxyl groups is 4. The van der Waals surface area contributed by atoms with Crippen molar-refractivity contribution in [2.45, 2.75) is 61.4 Å². The van der Waals surface area contributed by atoms with Crippen molar-refractivity contribution in [1.29, 1.82) is 0 Å². The van der Waals surface area contributed by atoms with Crippen LogP contribution in [0.25, 0.3) is 0 Å². The van der Waals surface area contributed by atoms with E-state index in [-0.39, 0.29) is 0 Å². The maximum atomic E-state index is 12.1. The molecule has 0 radical (unpaired) electrons. The number of ether oxygens (including phenoxy) is 7. The summed E-state index contributed by atoms with van der Waals surface area (Å²) in [6, 6.07) is 0. The van der Waals surface area contributed by atoms with Gasteiger partial charge in [0.05, 0.1) is 14.2 Å². The van der Waals surface area contributed by atoms with E-state index in [9.17, 15) is 30.0 Å². The minimum atomic E-state index is -1.75. The first kappa shape index (κ1) is 23.9. The molecular formula is C16H26O13. The summed E-state index contributed by atoms with van der Waals surface area (Å²) >= 11 is 0. The normalized spacial score (nSPS) is 42.9. The molecule has 0 bridgehead atoms. The number of rotatable bonds is 6. The van der Waals surface area contributed by atoms with E-state index in [0.29, 0.717) is 0 Å². The zero-order valence-corrected chi connectivity index (χ0v) is 16.2. The molecule has 2 heterocycles. The number of hydrogen-bond acceptors (Lipinski definition) is 13. The molecule has 168 valence electrons. The summed E-state index contributed by atoms with van der Waals surface area (Å²) in [5.74, 6) is -1.88. The second-order valence-corrected chi connectivity index (χ2v) is 6.40. The van der Waals surface area contributed by atoms with E-state index in [2.05, 4.69) is 9.47 Å². The highest BCUT2D eigenvalue weighted by molar-refractivity contribution is 5.76. The Hall–Kier alpha value is -1.42. The summed E-state index contributed by atoms with van der Waals surface area (Å²) in [5, 5.41) is 41.1. The summed E-state index contributed by atoms with van der Waals surface area (Å²) in [5.41, 5.74) is 0. The quantitative estimate of drug-likeness (QED) is 0.305. The minimum absolute atomic E-state index is 0.916. The van der Waals surface area contributed by atoms with Gasteiger partial charge in [-0.3, -0.25) is 0 Å². The largest absolute Gasteiger partial charge is 0.467 e. The van der Waals surface area contributed by atoms with Crippen LogP contribution in [0.5, 0.6) is 0 Å². The monoisotopic (exact) mass is 426 g/mol. The van der Waals surface area contributed by atoms with Gasteiger partial charge in [0.1, 0.15) is 36.6 Å². The SMILES string of the molecule is COC(=O)C1OC(OC)[C@@H](O)[C@H](O)[C@H]1OC1O[C@@H](C(=O)OC)[C@@H](OC)C(O)C1O. The molecule has 2 aliphatic rings. The van der Waals surface area contributed by atoms with Gasteiger partial charge in [-0.1, -0.05) is 0 Å². The Bertz CT molecular complexity index is 571. The van der Waals surface area contributed by atoms with Crippen molar-refractivity contribution in [2.24, 2.45) is 0 Å². The third-order valence-electron chi connectivity index (χ3n) is 4.75. The number of esters is 2. The van der Waals surface area contributed by atoms with E-state index in [0.717, 1.165) is 14.2 Å². The van der Waals surface area contributed by atoms with Crippen LogP contribution in [0.4, 0.5) is 0 Å². The fourth-order valence-corrected chi connectivity index (χ4v) is 3.16. The van der Waals surface area contributed by atoms with Crippen molar-refractivity contribution >= 4 is 11.9 Å². The topological polar surface area (TPSA) is 180 Å². The second-order valence-electron chi connectivity index (χ2n) is 6.40. The first-order valence-electron chi connectivity index (χ1n) is 8.61. The maximum absolute atomic E-state index is 12.1. The van der Waals surface area contributed by atoms with Gasteiger partial charge in [-0.05, 0) is 0 Å². The van der Waals surface area contributed by atoms with E-state index in [1.165, 1.54) is 14.2 Å². The van der Waals surface area contributed by atoms with Crippen molar-refractivity contribution in [3.63, 3.8) is 0 Å². The maximum Gasteiger partial charge on any atom is 0.337 e. The lowest BCUT2D eigenvalue weighted by atomic mass is 9.96. The smallest absolute Gasteiger partial charge is 0.337 e. The Morgan fingerprint density at radius 1 is 0.655 bits per heavy atom. The molecule has 0 aromatic rings. The number of methoxy groups -OCH3 is 4. The standard InChI is InChI=1S/C16H26O13/c1-23-9-5(17)8(20)16(29-11(9)13(21)24-2)27-10-6(18)7(19)15(26-4)28-12(10)14(22)25-3/h5-12,15-20H,1-4H3/t5?,6-,7-,8?,9-,10+,11+,12?,15?,16?/m0/s1. The van der Waals surface area contributed by atoms with Crippen LogP contribution in [-0.2, 0) is 42.7 Å². The van der Waals surface area contributed by atoms with E-state index in [4.69, 9.17) is 23.7 Å². The zero-order chi connectivity index (χ0) is 21.9. The highest BCUT2D eigenvalue weighted by Crippen LogP contribution is 2.30. The summed E-state index contributed by atoms with van der Waals surface area (Å²) in [4.78, 5) is 24.0. The molecule has 4 N–H and O–H groups in total. The molecule has 0 aromatic heterocycles. The van der Waals surface area contributed by atoms with Crippen LogP contribution in [0.2, 0.25) is 0 Å². The molecule has 0 aromatic carbocycles. The van der Waals surface area contributed by atoms with E-state index < -0.39 is 73.4 Å². The molecule has 2 aliphatic heterocycles. The first-order valence-corrected chi connectivity index (χ1v) is 8.61. The van der Waals surface area contributed by atoms with Gasteiger partial charge in [0, 0.05) is 14.2 Å². The van der Waals surface area contributed by atoms with Crippen molar-refractivity contribution in [1.82, 2.24) is 0 Å². The van der Waals surface area contributed by atoms with Crippen LogP contribution in [0.1, 0.15) is 0 Å². The summed E-state index contributed by atoms with van der Waals surface area (Å²) in [6.07, 6.45) is -15.8. The van der Waals surface area contributed by atoms with Gasteiger partial charge in [-0.15, -0.1) is 0 Å². The van der Waals surface area contributed by atoms with Crippen LogP contribution >= 0.6 is 0 Å². The van der Waals surface area contributed by atoms with E-state index in [1.807, 2.05) is 0 Å². The molecule has 0 amide bonds. The summed E-state index contributed by atoms with van der Waals surface area (Å²) < 4.78 is 35.2. The second kappa shape index (κ2) is 10.1. The Balaban J connectivity index is 2.27. The first-order chi connectivity index (χ1) is 13.7. The Morgan fingerprint density at radius 3 is 1.59 bits per heavy atom. The Kier molecular flexibility index (Phi) is 8.28. The molecule has 0 aliphatic carbocycles. The predicted octanol–water partition coefficient (Wildman–Crippen LogP) is -3.73. The van der Waals surface area contributed by atoms with Gasteiger partial charge >= 0.3 is 11.9 Å². The molecule has 0 saturated carbocycles. The van der Waals surface area contributed by atoms with Crippen molar-refractivity contribution in [3.05, 3.63) is 0 Å². The highest BCUT2D eigenvalue weighted by Gasteiger charge is 2.54. The molecular weight excluding hydrogens is 400 g/mol. The average Bonchev–Trinajstić information content (AvgIpc) is 2.73. The highest BCUT2D eigenvalue weighted by atomic mass is 16.7. The van der Waals surface area contributed by atoms with Crippen LogP contribution in [0.3, 0.4) is 0 Å². The average molecular weight is 426 g/mol. The summed E-state index contributed by atoms with van der Waals surface area (Å²) in [6.45, 7) is 0. The molecule has 2 rings (SSSR count). The lowest BCUT2D eigenvalue weighted by Gasteiger charge is -2.45. The number of hydrogen-bond donors (Lipinski definition) is 4. The van der Waals surface area contributed by atoms with Crippen molar-refractivity contribution < 1.29 is 63.2 Å². The third kappa shape index (κ3) is 4.68. The molecule has 13 nitrogen and oxygen atoms in total. The Labute approximate surface area is 165 Å². The van der Waals surface area contributed by atoms with Crippen molar-refractivity contribution in [3.8, 4) is 0 Å². The van der Waals surface area contributed by atoms with Gasteiger partial charge in [-0.2, -0.15) is 0 Å². The van der Waals surface area contributed by atoms with Crippen LogP contribution in [0, 0.1) is 0 Å². The van der Waals surface area contributed by atoms with E-state index in [1.54, 1.807) is 0 Å². The molecule has 2 fully saturated rings. The zero-order valence-electron chi connectivity index (χ0n) is 16.2. The summed E-state index contributed by atoms with van der Waals surface area (Å²) in [7, 11) is 4.52. The van der Waals surface area contributed by atoms with Gasteiger partial charge < -0.3 is 53.6 Å². The van der Waals surface area contributed by atoms with E-state index >= 15 is 0 Å². The van der Waals surface area contributed by atoms with Crippen LogP contribution in [0.15, 0.2) is 0 Å². The third-order valence-corrected chi connectivity index (χ3v) is 4.75. The molecule has 10 atom stereocenters. The van der Waals surface area contributed by atoms with Gasteiger partial charge in [0.2, 0.25) is 0 Å². The fraction of sp³-hybridized carbons (Fsp3) is 0.875. The van der Waals surface area contributed by atoms with Crippen molar-refractivity contribution in [2.75, 3.05) is 28.4 Å². The lowest BCUT2D eigenvalue weighted by Crippen LogP contribution is -2.66. The number of aliphatic hydroxyl groups excluding tert-OH is 4. The molecule has 29 heavy (non-hydrogen) atoms. The number of carbonyl (C=O) groups excluding carboxylic acids is 2. The molecule has 5 unspecified atom stereocenters. The molecule has 0 spiro atoms. The van der Waals surface area contributed by atoms with Crippen LogP contribution < -0.4 is 0 Å². The molecule has 2 saturated heterocycles. The lowest BCUT2D eigenvalue weighted by molar-refractivity contribution is -0.349. The molecule has 13 heteroatoms. The predicted molar refractivity (Wildman–Crippen MR) is 88.1 cm³/mol.